The Balaban J connectivity index is 2.87. The fourth-order valence-corrected chi connectivity index (χ4v) is 1.12. The lowest BCUT2D eigenvalue weighted by Gasteiger charge is -2.07. The van der Waals surface area contributed by atoms with Crippen molar-refractivity contribution in [3.63, 3.8) is 0 Å². The molecule has 0 spiro atoms. The van der Waals surface area contributed by atoms with Crippen molar-refractivity contribution < 1.29 is 14.3 Å². The first-order valence-corrected chi connectivity index (χ1v) is 4.50. The van der Waals surface area contributed by atoms with E-state index in [-0.39, 0.29) is 11.6 Å². The zero-order chi connectivity index (χ0) is 11.4. The molecule has 0 fully saturated rings. The average Bonchev–Trinajstić information content (AvgIpc) is 2.27. The van der Waals surface area contributed by atoms with Crippen LogP contribution in [0.5, 0.6) is 5.75 Å². The van der Waals surface area contributed by atoms with Gasteiger partial charge in [-0.3, -0.25) is 9.59 Å². The molecule has 80 valence electrons. The van der Waals surface area contributed by atoms with Crippen molar-refractivity contribution in [3.05, 3.63) is 29.8 Å². The van der Waals surface area contributed by atoms with Gasteiger partial charge < -0.3 is 10.5 Å². The van der Waals surface area contributed by atoms with E-state index in [0.717, 1.165) is 0 Å². The van der Waals surface area contributed by atoms with Gasteiger partial charge in [-0.2, -0.15) is 0 Å². The molecule has 4 nitrogen and oxygen atoms in total. The highest BCUT2D eigenvalue weighted by Crippen LogP contribution is 2.12. The second-order valence-corrected chi connectivity index (χ2v) is 3.18. The molecule has 0 aromatic heterocycles. The molecule has 1 atom stereocenters. The summed E-state index contributed by atoms with van der Waals surface area (Å²) < 4.78 is 4.95. The minimum Gasteiger partial charge on any atom is -0.497 e. The summed E-state index contributed by atoms with van der Waals surface area (Å²) in [5.74, 6) is -0.0519. The molecule has 0 saturated carbocycles. The molecule has 15 heavy (non-hydrogen) atoms. The third-order valence-electron chi connectivity index (χ3n) is 2.09. The van der Waals surface area contributed by atoms with Crippen LogP contribution in [0.1, 0.15) is 17.3 Å². The van der Waals surface area contributed by atoms with Crippen LogP contribution >= 0.6 is 0 Å². The highest BCUT2D eigenvalue weighted by molar-refractivity contribution is 6.13. The first-order chi connectivity index (χ1) is 7.06. The number of carbonyl (C=O) groups is 2. The third-order valence-corrected chi connectivity index (χ3v) is 2.09. The highest BCUT2D eigenvalue weighted by Gasteiger charge is 2.19. The van der Waals surface area contributed by atoms with Crippen molar-refractivity contribution in [3.8, 4) is 5.75 Å². The summed E-state index contributed by atoms with van der Waals surface area (Å²) in [5, 5.41) is 0. The van der Waals surface area contributed by atoms with E-state index in [4.69, 9.17) is 10.5 Å². The molecular formula is C11H13NO3. The molecule has 0 radical (unpaired) electrons. The normalized spacial score (nSPS) is 11.9. The fraction of sp³-hybridized carbons (Fsp3) is 0.273. The van der Waals surface area contributed by atoms with E-state index in [1.165, 1.54) is 14.0 Å². The van der Waals surface area contributed by atoms with E-state index in [1.807, 2.05) is 0 Å². The smallest absolute Gasteiger partial charge is 0.187 e. The summed E-state index contributed by atoms with van der Waals surface area (Å²) in [7, 11) is 1.54. The Morgan fingerprint density at radius 3 is 2.20 bits per heavy atom. The Kier molecular flexibility index (Phi) is 3.57. The summed E-state index contributed by atoms with van der Waals surface area (Å²) >= 11 is 0. The molecule has 0 bridgehead atoms. The predicted molar refractivity (Wildman–Crippen MR) is 56.0 cm³/mol. The van der Waals surface area contributed by atoms with Gasteiger partial charge in [-0.05, 0) is 31.2 Å². The minimum atomic E-state index is -1.07. The van der Waals surface area contributed by atoms with E-state index in [0.29, 0.717) is 11.3 Å². The van der Waals surface area contributed by atoms with Crippen LogP contribution < -0.4 is 10.5 Å². The number of carbonyl (C=O) groups excluding carboxylic acids is 2. The van der Waals surface area contributed by atoms with Gasteiger partial charge in [0, 0.05) is 5.56 Å². The molecule has 2 N–H and O–H groups in total. The molecule has 1 aromatic carbocycles. The zero-order valence-corrected chi connectivity index (χ0v) is 8.69. The van der Waals surface area contributed by atoms with Crippen molar-refractivity contribution >= 4 is 11.6 Å². The van der Waals surface area contributed by atoms with E-state index in [1.54, 1.807) is 24.3 Å². The Bertz CT molecular complexity index is 370. The molecule has 1 aromatic rings. The molecule has 4 heteroatoms. The number of hydrogen-bond donors (Lipinski definition) is 1. The average molecular weight is 207 g/mol. The van der Waals surface area contributed by atoms with Crippen molar-refractivity contribution in [2.45, 2.75) is 13.0 Å². The van der Waals surface area contributed by atoms with Gasteiger partial charge >= 0.3 is 0 Å². The van der Waals surface area contributed by atoms with Crippen molar-refractivity contribution in [1.82, 2.24) is 0 Å². The second kappa shape index (κ2) is 4.70. The molecule has 0 saturated heterocycles. The predicted octanol–water partition coefficient (Wildman–Crippen LogP) is 0.794. The first-order valence-electron chi connectivity index (χ1n) is 4.50. The summed E-state index contributed by atoms with van der Waals surface area (Å²) in [4.78, 5) is 22.5. The van der Waals surface area contributed by atoms with Crippen LogP contribution in [0.15, 0.2) is 24.3 Å². The lowest BCUT2D eigenvalue weighted by atomic mass is 10.0. The minimum absolute atomic E-state index is 0.337. The lowest BCUT2D eigenvalue weighted by Crippen LogP contribution is -2.37. The number of ether oxygens (including phenoxy) is 1. The van der Waals surface area contributed by atoms with E-state index >= 15 is 0 Å². The maximum Gasteiger partial charge on any atom is 0.187 e. The van der Waals surface area contributed by atoms with E-state index in [2.05, 4.69) is 0 Å². The number of hydrogen-bond acceptors (Lipinski definition) is 4. The van der Waals surface area contributed by atoms with E-state index < -0.39 is 6.04 Å². The molecule has 0 amide bonds. The molecule has 0 heterocycles. The Morgan fingerprint density at radius 2 is 1.80 bits per heavy atom. The third kappa shape index (κ3) is 2.63. The number of ketones is 2. The maximum absolute atomic E-state index is 11.6. The summed E-state index contributed by atoms with van der Waals surface area (Å²) in [6.07, 6.45) is 0. The second-order valence-electron chi connectivity index (χ2n) is 3.18. The zero-order valence-electron chi connectivity index (χ0n) is 8.69. The van der Waals surface area contributed by atoms with Gasteiger partial charge in [0.2, 0.25) is 0 Å². The molecule has 0 aliphatic rings. The Morgan fingerprint density at radius 1 is 1.27 bits per heavy atom. The summed E-state index contributed by atoms with van der Waals surface area (Å²) in [6.45, 7) is 1.30. The number of rotatable bonds is 4. The van der Waals surface area contributed by atoms with Crippen LogP contribution in [0, 0.1) is 0 Å². The number of nitrogens with two attached hydrogens (primary N) is 1. The number of Topliss-reactive ketones (excluding diaryl/α,β-unsaturated/α-hetero) is 2. The monoisotopic (exact) mass is 207 g/mol. The Hall–Kier alpha value is -1.68. The van der Waals surface area contributed by atoms with Gasteiger partial charge in [0.05, 0.1) is 7.11 Å². The largest absolute Gasteiger partial charge is 0.497 e. The fourth-order valence-electron chi connectivity index (χ4n) is 1.12. The van der Waals surface area contributed by atoms with Crippen LogP contribution in [0.3, 0.4) is 0 Å². The number of methoxy groups -OCH3 is 1. The SMILES string of the molecule is COc1ccc(C(=O)C(N)C(C)=O)cc1. The van der Waals surface area contributed by atoms with E-state index in [9.17, 15) is 9.59 Å². The topological polar surface area (TPSA) is 69.4 Å². The van der Waals surface area contributed by atoms with Crippen LogP contribution in [0.25, 0.3) is 0 Å². The van der Waals surface area contributed by atoms with Crippen LogP contribution in [-0.2, 0) is 4.79 Å². The van der Waals surface area contributed by atoms with Gasteiger partial charge in [0.25, 0.3) is 0 Å². The lowest BCUT2D eigenvalue weighted by molar-refractivity contribution is -0.117. The number of benzene rings is 1. The summed E-state index contributed by atoms with van der Waals surface area (Å²) in [5.41, 5.74) is 5.85. The standard InChI is InChI=1S/C11H13NO3/c1-7(13)10(12)11(14)8-3-5-9(15-2)6-4-8/h3-6,10H,12H2,1-2H3. The van der Waals surface area contributed by atoms with Crippen LogP contribution in [0.2, 0.25) is 0 Å². The van der Waals surface area contributed by atoms with Crippen molar-refractivity contribution in [2.24, 2.45) is 5.73 Å². The first kappa shape index (κ1) is 11.4. The maximum atomic E-state index is 11.6. The van der Waals surface area contributed by atoms with Gasteiger partial charge in [-0.1, -0.05) is 0 Å². The molecule has 0 aliphatic heterocycles. The van der Waals surface area contributed by atoms with Crippen molar-refractivity contribution in [2.75, 3.05) is 7.11 Å². The van der Waals surface area contributed by atoms with Crippen LogP contribution in [0.4, 0.5) is 0 Å². The van der Waals surface area contributed by atoms with Gasteiger partial charge in [-0.15, -0.1) is 0 Å². The van der Waals surface area contributed by atoms with Gasteiger partial charge in [0.15, 0.2) is 11.6 Å². The molecular weight excluding hydrogens is 194 g/mol. The van der Waals surface area contributed by atoms with Crippen molar-refractivity contribution in [1.29, 1.82) is 0 Å². The molecule has 0 aliphatic carbocycles. The molecule has 1 rings (SSSR count). The quantitative estimate of drug-likeness (QED) is 0.585. The van der Waals surface area contributed by atoms with Gasteiger partial charge in [0.1, 0.15) is 11.8 Å². The van der Waals surface area contributed by atoms with Crippen LogP contribution in [-0.4, -0.2) is 24.7 Å². The summed E-state index contributed by atoms with van der Waals surface area (Å²) in [6, 6.07) is 5.41. The van der Waals surface area contributed by atoms with Gasteiger partial charge in [-0.25, -0.2) is 0 Å². The highest BCUT2D eigenvalue weighted by atomic mass is 16.5. The Labute approximate surface area is 88.0 Å². The molecule has 1 unspecified atom stereocenters.